The fraction of sp³-hybridized carbons (Fsp3) is 0.424. The standard InChI is InChI=1S/C33H38N2O11/c1-6-29(38)45-19-33(2,3)30(39)31(40)35-13-12-34-17-24(35)32(41)46-25(21-8-7-9-22(14-21)44-18-28(36)37)11-10-20-15-26(42-4)27(43-5)16-23(20)34/h6-9,14-16,24-25H,1,10-13,17-19H2,2-5H3,(H,36,37)/t24-,25+/m0/s1. The molecule has 0 aromatic heterocycles. The van der Waals surface area contributed by atoms with Gasteiger partial charge in [-0.25, -0.2) is 14.4 Å². The van der Waals surface area contributed by atoms with E-state index in [-0.39, 0.29) is 25.4 Å². The fourth-order valence-corrected chi connectivity index (χ4v) is 5.40. The summed E-state index contributed by atoms with van der Waals surface area (Å²) < 4.78 is 27.6. The van der Waals surface area contributed by atoms with Gasteiger partial charge in [0.2, 0.25) is 5.78 Å². The van der Waals surface area contributed by atoms with Crippen molar-refractivity contribution >= 4 is 35.3 Å². The highest BCUT2D eigenvalue weighted by Crippen LogP contribution is 2.39. The number of rotatable bonds is 11. The lowest BCUT2D eigenvalue weighted by Gasteiger charge is -2.43. The maximum atomic E-state index is 13.9. The number of methoxy groups -OCH3 is 2. The molecule has 2 atom stereocenters. The van der Waals surface area contributed by atoms with Crippen LogP contribution in [-0.4, -0.2) is 92.7 Å². The largest absolute Gasteiger partial charge is 0.493 e. The van der Waals surface area contributed by atoms with Crippen molar-refractivity contribution in [3.8, 4) is 17.2 Å². The molecule has 246 valence electrons. The van der Waals surface area contributed by atoms with Gasteiger partial charge in [0.15, 0.2) is 18.1 Å². The number of carbonyl (C=O) groups excluding carboxylic acids is 4. The zero-order chi connectivity index (χ0) is 33.6. The second-order valence-electron chi connectivity index (χ2n) is 11.5. The number of carbonyl (C=O) groups is 5. The highest BCUT2D eigenvalue weighted by molar-refractivity contribution is 6.38. The van der Waals surface area contributed by atoms with Gasteiger partial charge in [0.1, 0.15) is 24.5 Å². The van der Waals surface area contributed by atoms with E-state index < -0.39 is 53.8 Å². The van der Waals surface area contributed by atoms with Crippen LogP contribution in [0.15, 0.2) is 49.1 Å². The molecule has 0 spiro atoms. The molecule has 2 aromatic rings. The fourth-order valence-electron chi connectivity index (χ4n) is 5.40. The summed E-state index contributed by atoms with van der Waals surface area (Å²) in [5, 5.41) is 9.04. The van der Waals surface area contributed by atoms with Gasteiger partial charge < -0.3 is 38.6 Å². The van der Waals surface area contributed by atoms with Crippen LogP contribution in [0, 0.1) is 5.41 Å². The normalized spacial score (nSPS) is 18.0. The zero-order valence-electron chi connectivity index (χ0n) is 26.3. The number of benzene rings is 2. The smallest absolute Gasteiger partial charge is 0.341 e. The molecule has 1 N–H and O–H groups in total. The lowest BCUT2D eigenvalue weighted by molar-refractivity contribution is -0.164. The van der Waals surface area contributed by atoms with E-state index in [4.69, 9.17) is 28.8 Å². The lowest BCUT2D eigenvalue weighted by Crippen LogP contribution is -2.61. The molecule has 13 nitrogen and oxygen atoms in total. The van der Waals surface area contributed by atoms with Crippen molar-refractivity contribution in [3.05, 3.63) is 60.2 Å². The third kappa shape index (κ3) is 7.59. The third-order valence-corrected chi connectivity index (χ3v) is 7.92. The van der Waals surface area contributed by atoms with Gasteiger partial charge in [-0.3, -0.25) is 9.59 Å². The first-order valence-corrected chi connectivity index (χ1v) is 14.7. The van der Waals surface area contributed by atoms with Crippen LogP contribution in [0.1, 0.15) is 37.5 Å². The molecular weight excluding hydrogens is 600 g/mol. The Morgan fingerprint density at radius 1 is 1.09 bits per heavy atom. The van der Waals surface area contributed by atoms with Gasteiger partial charge in [0.25, 0.3) is 5.91 Å². The summed E-state index contributed by atoms with van der Waals surface area (Å²) in [5.74, 6) is -3.02. The Labute approximate surface area is 266 Å². The van der Waals surface area contributed by atoms with Gasteiger partial charge >= 0.3 is 17.9 Å². The molecule has 0 saturated carbocycles. The second-order valence-corrected chi connectivity index (χ2v) is 11.5. The summed E-state index contributed by atoms with van der Waals surface area (Å²) in [5.41, 5.74) is 0.858. The minimum absolute atomic E-state index is 0.0285. The van der Waals surface area contributed by atoms with Crippen LogP contribution in [0.3, 0.4) is 0 Å². The van der Waals surface area contributed by atoms with Crippen molar-refractivity contribution in [2.75, 3.05) is 52.0 Å². The number of hydrogen-bond donors (Lipinski definition) is 1. The Kier molecular flexibility index (Phi) is 10.6. The molecule has 4 rings (SSSR count). The Hall–Kier alpha value is -5.07. The predicted octanol–water partition coefficient (Wildman–Crippen LogP) is 2.74. The van der Waals surface area contributed by atoms with E-state index in [1.165, 1.54) is 33.0 Å². The molecule has 1 amide bonds. The first-order valence-electron chi connectivity index (χ1n) is 14.7. The first-order chi connectivity index (χ1) is 21.9. The van der Waals surface area contributed by atoms with Crippen LogP contribution in [-0.2, 0) is 39.9 Å². The summed E-state index contributed by atoms with van der Waals surface area (Å²) in [6, 6.07) is 9.13. The summed E-state index contributed by atoms with van der Waals surface area (Å²) in [6.07, 6.45) is 0.946. The average Bonchev–Trinajstić information content (AvgIpc) is 3.06. The number of aryl methyl sites for hydroxylation is 1. The molecule has 2 aromatic carbocycles. The molecule has 13 heteroatoms. The Bertz CT molecular complexity index is 1520. The minimum atomic E-state index is -1.37. The molecular formula is C33H38N2O11. The van der Waals surface area contributed by atoms with E-state index in [0.717, 1.165) is 17.3 Å². The lowest BCUT2D eigenvalue weighted by atomic mass is 9.87. The number of ether oxygens (including phenoxy) is 5. The van der Waals surface area contributed by atoms with E-state index in [1.807, 2.05) is 17.0 Å². The van der Waals surface area contributed by atoms with Crippen LogP contribution in [0.2, 0.25) is 0 Å². The van der Waals surface area contributed by atoms with E-state index >= 15 is 0 Å². The number of ketones is 1. The van der Waals surface area contributed by atoms with Crippen LogP contribution in [0.5, 0.6) is 17.2 Å². The van der Waals surface area contributed by atoms with Crippen LogP contribution >= 0.6 is 0 Å². The van der Waals surface area contributed by atoms with Crippen molar-refractivity contribution in [1.82, 2.24) is 4.90 Å². The highest BCUT2D eigenvalue weighted by atomic mass is 16.5. The monoisotopic (exact) mass is 638 g/mol. The van der Waals surface area contributed by atoms with Gasteiger partial charge in [-0.15, -0.1) is 0 Å². The number of carboxylic acids is 1. The van der Waals surface area contributed by atoms with Crippen molar-refractivity contribution in [1.29, 1.82) is 0 Å². The van der Waals surface area contributed by atoms with E-state index in [0.29, 0.717) is 36.4 Å². The highest BCUT2D eigenvalue weighted by Gasteiger charge is 2.44. The summed E-state index contributed by atoms with van der Waals surface area (Å²) >= 11 is 0. The van der Waals surface area contributed by atoms with Crippen molar-refractivity contribution in [3.63, 3.8) is 0 Å². The van der Waals surface area contributed by atoms with Crippen LogP contribution in [0.25, 0.3) is 0 Å². The Morgan fingerprint density at radius 3 is 2.48 bits per heavy atom. The molecule has 1 saturated heterocycles. The van der Waals surface area contributed by atoms with Gasteiger partial charge in [-0.05, 0) is 56.0 Å². The Balaban J connectivity index is 1.72. The number of piperazine rings is 1. The number of anilines is 1. The number of Topliss-reactive ketones (excluding diaryl/α,β-unsaturated/α-hetero) is 1. The van der Waals surface area contributed by atoms with E-state index in [2.05, 4.69) is 6.58 Å². The molecule has 2 aliphatic rings. The molecule has 0 aliphatic carbocycles. The minimum Gasteiger partial charge on any atom is -0.493 e. The van der Waals surface area contributed by atoms with Gasteiger partial charge in [-0.2, -0.15) is 0 Å². The third-order valence-electron chi connectivity index (χ3n) is 7.92. The maximum Gasteiger partial charge on any atom is 0.341 e. The SMILES string of the molecule is C=CC(=O)OCC(C)(C)C(=O)C(=O)N1CCN2C[C@H]1C(=O)O[C@@H](c1cccc(OCC(=O)O)c1)CCc1cc(OC)c(OC)cc12. The number of hydrogen-bond acceptors (Lipinski definition) is 11. The van der Waals surface area contributed by atoms with E-state index in [1.54, 1.807) is 24.3 Å². The van der Waals surface area contributed by atoms with Crippen LogP contribution < -0.4 is 19.1 Å². The number of cyclic esters (lactones) is 1. The molecule has 2 aliphatic heterocycles. The first kappa shape index (κ1) is 33.8. The van der Waals surface area contributed by atoms with Gasteiger partial charge in [0.05, 0.1) is 19.6 Å². The quantitative estimate of drug-likeness (QED) is 0.218. The number of aliphatic carboxylic acids is 1. The summed E-state index contributed by atoms with van der Waals surface area (Å²) in [7, 11) is 3.06. The summed E-state index contributed by atoms with van der Waals surface area (Å²) in [4.78, 5) is 66.9. The zero-order valence-corrected chi connectivity index (χ0v) is 26.3. The molecule has 2 heterocycles. The molecule has 46 heavy (non-hydrogen) atoms. The molecule has 1 fully saturated rings. The number of nitrogens with zero attached hydrogens (tertiary/aromatic N) is 2. The van der Waals surface area contributed by atoms with Crippen molar-refractivity contribution in [2.24, 2.45) is 5.41 Å². The van der Waals surface area contributed by atoms with Gasteiger partial charge in [0, 0.05) is 37.5 Å². The second kappa shape index (κ2) is 14.4. The van der Waals surface area contributed by atoms with Crippen molar-refractivity contribution in [2.45, 2.75) is 38.8 Å². The number of carboxylic acid groups (broad SMARTS) is 1. The molecule has 0 unspecified atom stereocenters. The maximum absolute atomic E-state index is 13.9. The summed E-state index contributed by atoms with van der Waals surface area (Å²) in [6.45, 7) is 5.77. The number of fused-ring (bicyclic) bond motifs is 4. The number of amides is 1. The van der Waals surface area contributed by atoms with Crippen molar-refractivity contribution < 1.29 is 52.8 Å². The van der Waals surface area contributed by atoms with Crippen LogP contribution in [0.4, 0.5) is 5.69 Å². The van der Waals surface area contributed by atoms with E-state index in [9.17, 15) is 24.0 Å². The number of esters is 2. The van der Waals surface area contributed by atoms with Gasteiger partial charge in [-0.1, -0.05) is 18.7 Å². The average molecular weight is 639 g/mol. The topological polar surface area (TPSA) is 158 Å². The predicted molar refractivity (Wildman–Crippen MR) is 164 cm³/mol. The Morgan fingerprint density at radius 2 is 1.80 bits per heavy atom. The molecule has 0 radical (unpaired) electrons. The molecule has 2 bridgehead atoms.